The smallest absolute Gasteiger partial charge is 0.159 e. The lowest BCUT2D eigenvalue weighted by atomic mass is 9.92. The maximum atomic E-state index is 6.60. The Bertz CT molecular complexity index is 3390. The summed E-state index contributed by atoms with van der Waals surface area (Å²) in [7, 11) is 0. The average Bonchev–Trinajstić information content (AvgIpc) is 3.67. The topological polar surface area (TPSA) is 19.6 Å². The minimum Gasteiger partial charge on any atom is -0.454 e. The quantitative estimate of drug-likeness (QED) is 0.157. The van der Waals surface area contributed by atoms with Gasteiger partial charge in [0.1, 0.15) is 5.58 Å². The fourth-order valence-corrected chi connectivity index (χ4v) is 10.1. The van der Waals surface area contributed by atoms with E-state index in [9.17, 15) is 0 Å². The molecule has 10 aromatic carbocycles. The summed E-state index contributed by atoms with van der Waals surface area (Å²) >= 11 is 1.87. The van der Waals surface area contributed by atoms with Crippen LogP contribution in [0.1, 0.15) is 0 Å². The van der Waals surface area contributed by atoms with E-state index in [1.807, 2.05) is 17.8 Å². The van der Waals surface area contributed by atoms with Gasteiger partial charge < -0.3 is 14.2 Å². The summed E-state index contributed by atoms with van der Waals surface area (Å²) in [6.07, 6.45) is 0. The molecule has 0 atom stereocenters. The Hall–Kier alpha value is -7.27. The van der Waals surface area contributed by atoms with Crippen LogP contribution in [0.2, 0.25) is 0 Å². The van der Waals surface area contributed by atoms with Gasteiger partial charge in [-0.3, -0.25) is 0 Å². The first-order valence-corrected chi connectivity index (χ1v) is 20.5. The van der Waals surface area contributed by atoms with E-state index in [0.29, 0.717) is 0 Å². The molecule has 0 amide bonds. The van der Waals surface area contributed by atoms with E-state index >= 15 is 0 Å². The van der Waals surface area contributed by atoms with Crippen LogP contribution in [0.15, 0.2) is 220 Å². The van der Waals surface area contributed by atoms with E-state index < -0.39 is 0 Å². The van der Waals surface area contributed by atoms with E-state index in [2.05, 4.69) is 210 Å². The van der Waals surface area contributed by atoms with Crippen LogP contribution < -0.4 is 9.80 Å². The fraction of sp³-hybridized carbons (Fsp3) is 0. The number of hydrogen-bond donors (Lipinski definition) is 0. The summed E-state index contributed by atoms with van der Waals surface area (Å²) < 4.78 is 6.60. The van der Waals surface area contributed by atoms with Crippen LogP contribution in [0.3, 0.4) is 0 Å². The van der Waals surface area contributed by atoms with Gasteiger partial charge in [0.15, 0.2) is 5.58 Å². The van der Waals surface area contributed by atoms with Gasteiger partial charge in [0.25, 0.3) is 0 Å². The molecule has 0 unspecified atom stereocenters. The minimum absolute atomic E-state index is 0.878. The predicted octanol–water partition coefficient (Wildman–Crippen LogP) is 16.1. The first-order chi connectivity index (χ1) is 28.7. The Labute approximate surface area is 340 Å². The van der Waals surface area contributed by atoms with Crippen molar-refractivity contribution in [3.8, 4) is 11.1 Å². The first-order valence-electron chi connectivity index (χ1n) is 19.7. The van der Waals surface area contributed by atoms with Gasteiger partial charge in [-0.05, 0) is 123 Å². The van der Waals surface area contributed by atoms with Crippen molar-refractivity contribution in [1.82, 2.24) is 0 Å². The van der Waals surface area contributed by atoms with Crippen molar-refractivity contribution >= 4 is 100 Å². The summed E-state index contributed by atoms with van der Waals surface area (Å²) in [5, 5.41) is 9.69. The summed E-state index contributed by atoms with van der Waals surface area (Å²) in [4.78, 5) is 7.23. The largest absolute Gasteiger partial charge is 0.454 e. The Morgan fingerprint density at radius 1 is 0.345 bits per heavy atom. The molecule has 1 aliphatic heterocycles. The molecule has 2 heterocycles. The number of benzene rings is 10. The summed E-state index contributed by atoms with van der Waals surface area (Å²) in [6.45, 7) is 0. The normalized spacial score (nSPS) is 12.1. The van der Waals surface area contributed by atoms with E-state index in [0.717, 1.165) is 56.1 Å². The molecule has 272 valence electrons. The molecule has 58 heavy (non-hydrogen) atoms. The van der Waals surface area contributed by atoms with Gasteiger partial charge in [0, 0.05) is 54.4 Å². The van der Waals surface area contributed by atoms with Crippen LogP contribution in [0, 0.1) is 0 Å². The highest BCUT2D eigenvalue weighted by Gasteiger charge is 2.25. The Morgan fingerprint density at radius 2 is 0.983 bits per heavy atom. The number of nitrogens with zero attached hydrogens (tertiary/aromatic N) is 2. The van der Waals surface area contributed by atoms with Crippen molar-refractivity contribution in [1.29, 1.82) is 0 Å². The van der Waals surface area contributed by atoms with Crippen LogP contribution in [-0.2, 0) is 0 Å². The Morgan fingerprint density at radius 3 is 1.83 bits per heavy atom. The van der Waals surface area contributed by atoms with Crippen LogP contribution in [0.25, 0.3) is 65.4 Å². The number of fused-ring (bicyclic) bond motifs is 8. The van der Waals surface area contributed by atoms with Gasteiger partial charge in [-0.15, -0.1) is 0 Å². The maximum absolute atomic E-state index is 6.60. The standard InChI is InChI=1S/C54H34N2OS/c1-3-15-38(16-4-1)55(40-27-25-35-13-7-8-14-36(35)31-40)42-29-30-44-48-32-37-26-28-41(33-47(37)45-20-12-24-51(53(45)48)58-52(44)34-42)56(39-17-5-2-6-18-39)49-22-11-21-46-43-19-9-10-23-50(43)57-54(46)49/h1-34H. The number of rotatable bonds is 6. The van der Waals surface area contributed by atoms with Crippen LogP contribution in [-0.4, -0.2) is 0 Å². The molecule has 0 saturated heterocycles. The maximum Gasteiger partial charge on any atom is 0.159 e. The summed E-state index contributed by atoms with van der Waals surface area (Å²) in [5.41, 5.74) is 10.9. The van der Waals surface area contributed by atoms with Gasteiger partial charge in [0.2, 0.25) is 0 Å². The van der Waals surface area contributed by atoms with Gasteiger partial charge in [-0.25, -0.2) is 0 Å². The molecule has 0 radical (unpaired) electrons. The number of anilines is 6. The molecule has 4 heteroatoms. The third-order valence-corrected chi connectivity index (χ3v) is 12.7. The van der Waals surface area contributed by atoms with Crippen LogP contribution in [0.4, 0.5) is 34.1 Å². The van der Waals surface area contributed by atoms with E-state index in [1.54, 1.807) is 0 Å². The van der Waals surface area contributed by atoms with Crippen molar-refractivity contribution in [2.24, 2.45) is 0 Å². The van der Waals surface area contributed by atoms with Crippen molar-refractivity contribution in [3.05, 3.63) is 206 Å². The lowest BCUT2D eigenvalue weighted by Gasteiger charge is -2.28. The molecule has 1 aliphatic rings. The van der Waals surface area contributed by atoms with Crippen molar-refractivity contribution in [2.75, 3.05) is 9.80 Å². The lowest BCUT2D eigenvalue weighted by molar-refractivity contribution is 0.669. The van der Waals surface area contributed by atoms with Crippen LogP contribution >= 0.6 is 11.8 Å². The van der Waals surface area contributed by atoms with E-state index in [1.165, 1.54) is 53.2 Å². The molecule has 0 fully saturated rings. The van der Waals surface area contributed by atoms with Gasteiger partial charge in [-0.2, -0.15) is 0 Å². The molecule has 0 saturated carbocycles. The van der Waals surface area contributed by atoms with Crippen molar-refractivity contribution < 1.29 is 4.42 Å². The second kappa shape index (κ2) is 13.2. The highest BCUT2D eigenvalue weighted by molar-refractivity contribution is 7.99. The molecule has 0 aliphatic carbocycles. The molecule has 3 nitrogen and oxygen atoms in total. The predicted molar refractivity (Wildman–Crippen MR) is 245 cm³/mol. The van der Waals surface area contributed by atoms with Gasteiger partial charge >= 0.3 is 0 Å². The highest BCUT2D eigenvalue weighted by Crippen LogP contribution is 2.52. The molecule has 11 aromatic rings. The zero-order valence-corrected chi connectivity index (χ0v) is 32.2. The van der Waals surface area contributed by atoms with Gasteiger partial charge in [-0.1, -0.05) is 133 Å². The molecule has 0 N–H and O–H groups in total. The zero-order valence-electron chi connectivity index (χ0n) is 31.3. The molecule has 1 aromatic heterocycles. The number of furan rings is 1. The Balaban J connectivity index is 1.01. The Kier molecular flexibility index (Phi) is 7.47. The molecule has 12 rings (SSSR count). The average molecular weight is 759 g/mol. The SMILES string of the molecule is c1ccc(N(c2ccc3c(c2)Sc2cccc4c2c-3cc2ccc(N(c3ccccc3)c3cccc5c3oc3ccccc35)cc24)c2ccc3ccccc3c2)cc1. The molecular formula is C54H34N2OS. The lowest BCUT2D eigenvalue weighted by Crippen LogP contribution is -2.10. The zero-order chi connectivity index (χ0) is 38.2. The summed E-state index contributed by atoms with van der Waals surface area (Å²) in [5.74, 6) is 0. The second-order valence-electron chi connectivity index (χ2n) is 14.9. The number of para-hydroxylation sites is 4. The second-order valence-corrected chi connectivity index (χ2v) is 16.0. The van der Waals surface area contributed by atoms with Gasteiger partial charge in [0.05, 0.1) is 5.69 Å². The molecular weight excluding hydrogens is 725 g/mol. The number of hydrogen-bond acceptors (Lipinski definition) is 4. The fourth-order valence-electron chi connectivity index (χ4n) is 8.93. The van der Waals surface area contributed by atoms with Crippen molar-refractivity contribution in [3.63, 3.8) is 0 Å². The highest BCUT2D eigenvalue weighted by atomic mass is 32.2. The third-order valence-electron chi connectivity index (χ3n) is 11.6. The summed E-state index contributed by atoms with van der Waals surface area (Å²) in [6, 6.07) is 74.4. The van der Waals surface area contributed by atoms with Crippen LogP contribution in [0.5, 0.6) is 0 Å². The van der Waals surface area contributed by atoms with Crippen molar-refractivity contribution in [2.45, 2.75) is 9.79 Å². The monoisotopic (exact) mass is 758 g/mol. The molecule has 0 bridgehead atoms. The van der Waals surface area contributed by atoms with E-state index in [-0.39, 0.29) is 0 Å². The molecule has 0 spiro atoms. The third kappa shape index (κ3) is 5.23. The minimum atomic E-state index is 0.878. The van der Waals surface area contributed by atoms with E-state index in [4.69, 9.17) is 4.42 Å². The first kappa shape index (κ1) is 32.9.